The zero-order valence-electron chi connectivity index (χ0n) is 38.9. The molecule has 3 heteroatoms. The molecule has 13 rings (SSSR count). The van der Waals surface area contributed by atoms with Crippen LogP contribution in [-0.2, 0) is 0 Å². The molecule has 0 N–H and O–H groups in total. The Kier molecular flexibility index (Phi) is 6.84. The average Bonchev–Trinajstić information content (AvgIpc) is 4.05. The summed E-state index contributed by atoms with van der Waals surface area (Å²) in [4.78, 5) is 0. The first kappa shape index (κ1) is 30.6. The molecule has 0 aliphatic carbocycles. The summed E-state index contributed by atoms with van der Waals surface area (Å²) in [5.74, 6) is 0. The predicted molar refractivity (Wildman–Crippen MR) is 264 cm³/mol. The second-order valence-corrected chi connectivity index (χ2v) is 16.1. The van der Waals surface area contributed by atoms with Gasteiger partial charge in [0.2, 0.25) is 0 Å². The number of rotatable bonds is 6. The van der Waals surface area contributed by atoms with Gasteiger partial charge < -0.3 is 13.6 Å². The number of hydrogen-bond donors (Lipinski definition) is 0. The van der Waals surface area contributed by atoms with Gasteiger partial charge in [-0.15, -0.1) is 0 Å². The molecule has 13 aromatic rings. The van der Waals surface area contributed by atoms with E-state index in [1.807, 2.05) is 18.2 Å². The Bertz CT molecular complexity index is 4160. The Balaban J connectivity index is 0.899. The second kappa shape index (κ2) is 14.1. The Labute approximate surface area is 371 Å². The van der Waals surface area contributed by atoms with Gasteiger partial charge in [0.05, 0.1) is 28.9 Å². The summed E-state index contributed by atoms with van der Waals surface area (Å²) < 4.78 is 53.5. The molecule has 0 bridgehead atoms. The van der Waals surface area contributed by atoms with E-state index in [0.29, 0.717) is 22.1 Å². The van der Waals surface area contributed by atoms with Crippen LogP contribution in [0.1, 0.15) is 6.85 Å². The van der Waals surface area contributed by atoms with Crippen LogP contribution in [0.25, 0.3) is 121 Å². The van der Waals surface area contributed by atoms with E-state index in [9.17, 15) is 0 Å². The average molecular weight is 808 g/mol. The van der Waals surface area contributed by atoms with E-state index >= 15 is 0 Å². The summed E-state index contributed by atoms with van der Waals surface area (Å²) in [6, 6.07) is 68.6. The van der Waals surface area contributed by atoms with E-state index in [0.717, 1.165) is 60.7 Å². The highest BCUT2D eigenvalue weighted by atomic mass is 16.3. The smallest absolute Gasteiger partial charge is 0.136 e. The molecule has 3 aromatic heterocycles. The topological polar surface area (TPSA) is 23.0 Å². The van der Waals surface area contributed by atoms with Gasteiger partial charge in [-0.25, -0.2) is 0 Å². The number of hydrogen-bond acceptors (Lipinski definition) is 1. The van der Waals surface area contributed by atoms with Crippen molar-refractivity contribution in [1.29, 1.82) is 0 Å². The van der Waals surface area contributed by atoms with E-state index in [1.54, 1.807) is 12.1 Å². The quantitative estimate of drug-likeness (QED) is 0.164. The molecule has 3 nitrogen and oxygen atoms in total. The van der Waals surface area contributed by atoms with Gasteiger partial charge in [-0.1, -0.05) is 158 Å². The van der Waals surface area contributed by atoms with Gasteiger partial charge in [0.25, 0.3) is 0 Å². The molecule has 3 heterocycles. The summed E-state index contributed by atoms with van der Waals surface area (Å²) in [7, 11) is 0. The van der Waals surface area contributed by atoms with Crippen molar-refractivity contribution in [2.75, 3.05) is 0 Å². The summed E-state index contributed by atoms with van der Waals surface area (Å²) in [5, 5.41) is 6.11. The van der Waals surface area contributed by atoms with E-state index < -0.39 is 6.04 Å². The Morgan fingerprint density at radius 1 is 0.317 bits per heavy atom. The van der Waals surface area contributed by atoms with Gasteiger partial charge in [-0.2, -0.15) is 0 Å². The normalized spacial score (nSPS) is 12.9. The highest BCUT2D eigenvalue weighted by Gasteiger charge is 2.18. The zero-order valence-corrected chi connectivity index (χ0v) is 33.9. The monoisotopic (exact) mass is 807 g/mol. The van der Waals surface area contributed by atoms with Gasteiger partial charge in [-0.3, -0.25) is 0 Å². The second-order valence-electron chi connectivity index (χ2n) is 16.1. The van der Waals surface area contributed by atoms with Crippen molar-refractivity contribution in [3.63, 3.8) is 0 Å². The third-order valence-corrected chi connectivity index (χ3v) is 12.6. The van der Waals surface area contributed by atoms with Gasteiger partial charge in [0.1, 0.15) is 11.2 Å². The van der Waals surface area contributed by atoms with Crippen LogP contribution in [0.3, 0.4) is 0 Å². The molecule has 0 saturated carbocycles. The number of fused-ring (bicyclic) bond motifs is 9. The van der Waals surface area contributed by atoms with E-state index in [-0.39, 0.29) is 29.7 Å². The minimum Gasteiger partial charge on any atom is -0.456 e. The lowest BCUT2D eigenvalue weighted by Crippen LogP contribution is -1.94. The van der Waals surface area contributed by atoms with Crippen LogP contribution in [0.15, 0.2) is 235 Å². The molecule has 63 heavy (non-hydrogen) atoms. The van der Waals surface area contributed by atoms with Gasteiger partial charge >= 0.3 is 0 Å². The maximum Gasteiger partial charge on any atom is 0.136 e. The minimum atomic E-state index is -0.419. The SMILES string of the molecule is [2H]c1c([2H])c([2H])c(-c2cccc3oc4ccc(-n5c6ccccc6c6cc(-c7ccc8c(c7)c7ccccc7n8-c7ccc(-c8ccc(-c9ccccc9)cc8)cc7)ccc65)cc4c23)c([2H])c1[2H]. The van der Waals surface area contributed by atoms with Crippen LogP contribution in [-0.4, -0.2) is 9.13 Å². The molecular weight excluding hydrogens is 765 g/mol. The lowest BCUT2D eigenvalue weighted by atomic mass is 9.99. The fourth-order valence-electron chi connectivity index (χ4n) is 9.70. The summed E-state index contributed by atoms with van der Waals surface area (Å²) in [6.07, 6.45) is 0. The lowest BCUT2D eigenvalue weighted by Gasteiger charge is -2.11. The predicted octanol–water partition coefficient (Wildman–Crippen LogP) is 16.4. The van der Waals surface area contributed by atoms with Gasteiger partial charge in [-0.05, 0) is 117 Å². The fourth-order valence-corrected chi connectivity index (χ4v) is 9.70. The van der Waals surface area contributed by atoms with Crippen molar-refractivity contribution in [2.24, 2.45) is 0 Å². The maximum atomic E-state index is 8.78. The van der Waals surface area contributed by atoms with Crippen LogP contribution in [0.2, 0.25) is 0 Å². The van der Waals surface area contributed by atoms with E-state index in [4.69, 9.17) is 11.3 Å². The number of aromatic nitrogens is 2. The molecule has 0 aliphatic heterocycles. The van der Waals surface area contributed by atoms with Crippen LogP contribution in [0.4, 0.5) is 0 Å². The summed E-state index contributed by atoms with van der Waals surface area (Å²) in [5.41, 5.74) is 15.3. The molecule has 0 unspecified atom stereocenters. The third-order valence-electron chi connectivity index (χ3n) is 12.6. The van der Waals surface area contributed by atoms with Gasteiger partial charge in [0, 0.05) is 43.7 Å². The van der Waals surface area contributed by atoms with Crippen LogP contribution >= 0.6 is 0 Å². The van der Waals surface area contributed by atoms with Crippen molar-refractivity contribution in [3.05, 3.63) is 230 Å². The summed E-state index contributed by atoms with van der Waals surface area (Å²) in [6.45, 7) is 0. The fraction of sp³-hybridized carbons (Fsp3) is 0. The first-order chi connectivity index (χ1) is 33.3. The van der Waals surface area contributed by atoms with E-state index in [2.05, 4.69) is 179 Å². The Morgan fingerprint density at radius 3 is 1.46 bits per heavy atom. The lowest BCUT2D eigenvalue weighted by molar-refractivity contribution is 0.669. The molecule has 0 radical (unpaired) electrons. The molecule has 0 aliphatic rings. The van der Waals surface area contributed by atoms with Crippen LogP contribution < -0.4 is 0 Å². The number of nitrogens with zero attached hydrogens (tertiary/aromatic N) is 2. The maximum absolute atomic E-state index is 8.78. The standard InChI is InChI=1S/C60H38N2O/c1-3-12-39(13-4-1)40-22-24-41(25-23-40)42-26-30-46(31-27-42)61-54-19-9-7-16-49(54)51-36-44(28-33-56(51)61)45-29-34-57-52(37-45)50-17-8-10-20-55(50)62(57)47-32-35-58-53(38-47)60-48(18-11-21-59(60)63-58)43-14-5-2-6-15-43/h1-38H/i2D,5D,6D,14D,15D. The Hall–Kier alpha value is -8.40. The number of benzene rings is 10. The zero-order chi connectivity index (χ0) is 45.8. The van der Waals surface area contributed by atoms with E-state index in [1.165, 1.54) is 33.0 Å². The molecule has 0 fully saturated rings. The minimum absolute atomic E-state index is 0.150. The molecule has 294 valence electrons. The van der Waals surface area contributed by atoms with Crippen molar-refractivity contribution >= 4 is 65.6 Å². The first-order valence-electron chi connectivity index (χ1n) is 23.7. The van der Waals surface area contributed by atoms with Crippen LogP contribution in [0, 0.1) is 0 Å². The van der Waals surface area contributed by atoms with Crippen molar-refractivity contribution in [2.45, 2.75) is 0 Å². The van der Waals surface area contributed by atoms with Crippen molar-refractivity contribution in [3.8, 4) is 55.9 Å². The highest BCUT2D eigenvalue weighted by Crippen LogP contribution is 2.41. The third kappa shape index (κ3) is 5.67. The molecule has 10 aromatic carbocycles. The highest BCUT2D eigenvalue weighted by molar-refractivity contribution is 6.15. The number of para-hydroxylation sites is 2. The van der Waals surface area contributed by atoms with Crippen molar-refractivity contribution < 1.29 is 11.3 Å². The number of furan rings is 1. The first-order valence-corrected chi connectivity index (χ1v) is 21.2. The molecule has 0 spiro atoms. The molecule has 0 saturated heterocycles. The van der Waals surface area contributed by atoms with Gasteiger partial charge in [0.15, 0.2) is 0 Å². The Morgan fingerprint density at radius 2 is 0.825 bits per heavy atom. The molecular formula is C60H38N2O. The summed E-state index contributed by atoms with van der Waals surface area (Å²) >= 11 is 0. The van der Waals surface area contributed by atoms with Crippen LogP contribution in [0.5, 0.6) is 0 Å². The largest absolute Gasteiger partial charge is 0.456 e. The molecule has 0 amide bonds. The van der Waals surface area contributed by atoms with Crippen molar-refractivity contribution in [1.82, 2.24) is 9.13 Å². The molecule has 0 atom stereocenters.